The normalized spacial score (nSPS) is 12.6. The van der Waals surface area contributed by atoms with Gasteiger partial charge in [-0.2, -0.15) is 11.8 Å². The highest BCUT2D eigenvalue weighted by molar-refractivity contribution is 7.98. The van der Waals surface area contributed by atoms with Crippen molar-refractivity contribution >= 4 is 23.4 Å². The Labute approximate surface area is 99.6 Å². The van der Waals surface area contributed by atoms with Crippen LogP contribution < -0.4 is 4.74 Å². The van der Waals surface area contributed by atoms with Crippen molar-refractivity contribution in [2.45, 2.75) is 13.0 Å². The van der Waals surface area contributed by atoms with Crippen LogP contribution in [0.3, 0.4) is 0 Å². The van der Waals surface area contributed by atoms with Crippen molar-refractivity contribution < 1.29 is 9.84 Å². The summed E-state index contributed by atoms with van der Waals surface area (Å²) in [6.07, 6.45) is 1.49. The van der Waals surface area contributed by atoms with Gasteiger partial charge < -0.3 is 9.84 Å². The molecule has 1 aromatic carbocycles. The third-order valence-corrected chi connectivity index (χ3v) is 3.17. The fourth-order valence-corrected chi connectivity index (χ4v) is 2.18. The van der Waals surface area contributed by atoms with Crippen molar-refractivity contribution in [1.82, 2.24) is 0 Å². The molecule has 2 nitrogen and oxygen atoms in total. The molecule has 1 atom stereocenters. The number of aliphatic hydroxyl groups excluding tert-OH is 1. The second-order valence-corrected chi connectivity index (χ2v) is 4.63. The standard InChI is InChI=1S/C11H15ClO2S/c1-7-4-11(14-2)9(12)5-8(7)10(13)6-15-3/h4-5,10,13H,6H2,1-3H3. The summed E-state index contributed by atoms with van der Waals surface area (Å²) < 4.78 is 5.10. The molecule has 1 rings (SSSR count). The van der Waals surface area contributed by atoms with Gasteiger partial charge in [0.25, 0.3) is 0 Å². The Balaban J connectivity index is 3.04. The summed E-state index contributed by atoms with van der Waals surface area (Å²) in [6.45, 7) is 1.94. The lowest BCUT2D eigenvalue weighted by molar-refractivity contribution is 0.203. The first-order valence-electron chi connectivity index (χ1n) is 4.61. The summed E-state index contributed by atoms with van der Waals surface area (Å²) in [5, 5.41) is 10.4. The largest absolute Gasteiger partial charge is 0.495 e. The van der Waals surface area contributed by atoms with Crippen molar-refractivity contribution in [3.63, 3.8) is 0 Å². The van der Waals surface area contributed by atoms with Crippen molar-refractivity contribution in [2.24, 2.45) is 0 Å². The number of aliphatic hydroxyl groups is 1. The second kappa shape index (κ2) is 5.64. The lowest BCUT2D eigenvalue weighted by Crippen LogP contribution is -2.03. The maximum atomic E-state index is 9.87. The van der Waals surface area contributed by atoms with Gasteiger partial charge in [-0.1, -0.05) is 11.6 Å². The highest BCUT2D eigenvalue weighted by atomic mass is 35.5. The molecule has 84 valence electrons. The van der Waals surface area contributed by atoms with E-state index in [1.165, 1.54) is 0 Å². The van der Waals surface area contributed by atoms with Gasteiger partial charge in [-0.05, 0) is 36.4 Å². The molecule has 15 heavy (non-hydrogen) atoms. The molecule has 1 unspecified atom stereocenters. The molecule has 0 fully saturated rings. The maximum Gasteiger partial charge on any atom is 0.137 e. The van der Waals surface area contributed by atoms with Crippen molar-refractivity contribution in [3.8, 4) is 5.75 Å². The highest BCUT2D eigenvalue weighted by Crippen LogP contribution is 2.31. The Morgan fingerprint density at radius 2 is 2.20 bits per heavy atom. The van der Waals surface area contributed by atoms with E-state index in [1.54, 1.807) is 24.9 Å². The van der Waals surface area contributed by atoms with Crippen molar-refractivity contribution in [1.29, 1.82) is 0 Å². The average molecular weight is 247 g/mol. The zero-order valence-electron chi connectivity index (χ0n) is 9.08. The molecule has 0 aliphatic rings. The van der Waals surface area contributed by atoms with Gasteiger partial charge >= 0.3 is 0 Å². The van der Waals surface area contributed by atoms with E-state index in [9.17, 15) is 5.11 Å². The summed E-state index contributed by atoms with van der Waals surface area (Å²) >= 11 is 7.61. The molecule has 0 aliphatic carbocycles. The van der Waals surface area contributed by atoms with Gasteiger partial charge in [0.2, 0.25) is 0 Å². The van der Waals surface area contributed by atoms with Crippen LogP contribution in [0.2, 0.25) is 5.02 Å². The van der Waals surface area contributed by atoms with Crippen LogP contribution in [-0.4, -0.2) is 24.2 Å². The molecule has 0 amide bonds. The first kappa shape index (κ1) is 12.7. The molecule has 4 heteroatoms. The number of rotatable bonds is 4. The zero-order chi connectivity index (χ0) is 11.4. The van der Waals surface area contributed by atoms with Gasteiger partial charge in [0.05, 0.1) is 18.2 Å². The van der Waals surface area contributed by atoms with E-state index >= 15 is 0 Å². The number of halogens is 1. The molecule has 0 heterocycles. The van der Waals surface area contributed by atoms with Gasteiger partial charge in [-0.3, -0.25) is 0 Å². The fraction of sp³-hybridized carbons (Fsp3) is 0.455. The molecule has 0 bridgehead atoms. The molecule has 0 radical (unpaired) electrons. The van der Waals surface area contributed by atoms with Gasteiger partial charge in [-0.15, -0.1) is 0 Å². The van der Waals surface area contributed by atoms with Crippen LogP contribution in [0, 0.1) is 6.92 Å². The van der Waals surface area contributed by atoms with E-state index in [4.69, 9.17) is 16.3 Å². The molecule has 0 aliphatic heterocycles. The van der Waals surface area contributed by atoms with Crippen LogP contribution >= 0.6 is 23.4 Å². The third-order valence-electron chi connectivity index (χ3n) is 2.22. The van der Waals surface area contributed by atoms with Gasteiger partial charge in [0, 0.05) is 5.75 Å². The predicted octanol–water partition coefficient (Wildman–Crippen LogP) is 3.05. The van der Waals surface area contributed by atoms with Crippen LogP contribution in [0.5, 0.6) is 5.75 Å². The van der Waals surface area contributed by atoms with E-state index in [1.807, 2.05) is 19.2 Å². The molecule has 1 N–H and O–H groups in total. The van der Waals surface area contributed by atoms with E-state index in [0.29, 0.717) is 16.5 Å². The van der Waals surface area contributed by atoms with Gasteiger partial charge in [0.1, 0.15) is 5.75 Å². The third kappa shape index (κ3) is 3.03. The van der Waals surface area contributed by atoms with E-state index in [2.05, 4.69) is 0 Å². The van der Waals surface area contributed by atoms with Crippen LogP contribution in [-0.2, 0) is 0 Å². The van der Waals surface area contributed by atoms with Crippen LogP contribution in [0.15, 0.2) is 12.1 Å². The molecular weight excluding hydrogens is 232 g/mol. The van der Waals surface area contributed by atoms with Crippen molar-refractivity contribution in [2.75, 3.05) is 19.1 Å². The minimum Gasteiger partial charge on any atom is -0.495 e. The number of hydrogen-bond acceptors (Lipinski definition) is 3. The number of methoxy groups -OCH3 is 1. The zero-order valence-corrected chi connectivity index (χ0v) is 10.7. The average Bonchev–Trinajstić information content (AvgIpc) is 2.21. The van der Waals surface area contributed by atoms with E-state index < -0.39 is 6.10 Å². The Kier molecular flexibility index (Phi) is 4.77. The predicted molar refractivity (Wildman–Crippen MR) is 66.1 cm³/mol. The SMILES string of the molecule is COc1cc(C)c(C(O)CSC)cc1Cl. The van der Waals surface area contributed by atoms with Crippen LogP contribution in [0.1, 0.15) is 17.2 Å². The lowest BCUT2D eigenvalue weighted by Gasteiger charge is -2.14. The first-order valence-corrected chi connectivity index (χ1v) is 6.38. The Bertz CT molecular complexity index is 342. The molecule has 1 aromatic rings. The van der Waals surface area contributed by atoms with Crippen molar-refractivity contribution in [3.05, 3.63) is 28.3 Å². The lowest BCUT2D eigenvalue weighted by atomic mass is 10.0. The monoisotopic (exact) mass is 246 g/mol. The smallest absolute Gasteiger partial charge is 0.137 e. The van der Waals surface area contributed by atoms with Gasteiger partial charge in [-0.25, -0.2) is 0 Å². The minimum absolute atomic E-state index is 0.469. The van der Waals surface area contributed by atoms with Crippen LogP contribution in [0.4, 0.5) is 0 Å². The topological polar surface area (TPSA) is 29.5 Å². The molecular formula is C11H15ClO2S. The fourth-order valence-electron chi connectivity index (χ4n) is 1.43. The number of thioether (sulfide) groups is 1. The van der Waals surface area contributed by atoms with E-state index in [-0.39, 0.29) is 0 Å². The summed E-state index contributed by atoms with van der Waals surface area (Å²) in [7, 11) is 1.58. The summed E-state index contributed by atoms with van der Waals surface area (Å²) in [5.41, 5.74) is 1.87. The summed E-state index contributed by atoms with van der Waals surface area (Å²) in [5.74, 6) is 1.32. The molecule has 0 spiro atoms. The first-order chi connectivity index (χ1) is 7.10. The maximum absolute atomic E-state index is 9.87. The Morgan fingerprint density at radius 3 is 2.73 bits per heavy atom. The number of ether oxygens (including phenoxy) is 1. The summed E-state index contributed by atoms with van der Waals surface area (Å²) in [6, 6.07) is 3.62. The highest BCUT2D eigenvalue weighted by Gasteiger charge is 2.13. The molecule has 0 saturated carbocycles. The minimum atomic E-state index is -0.469. The Morgan fingerprint density at radius 1 is 1.53 bits per heavy atom. The number of benzene rings is 1. The second-order valence-electron chi connectivity index (χ2n) is 3.31. The van der Waals surface area contributed by atoms with Gasteiger partial charge in [0.15, 0.2) is 0 Å². The number of hydrogen-bond donors (Lipinski definition) is 1. The molecule has 0 saturated heterocycles. The van der Waals surface area contributed by atoms with Crippen LogP contribution in [0.25, 0.3) is 0 Å². The van der Waals surface area contributed by atoms with E-state index in [0.717, 1.165) is 11.1 Å². The Hall–Kier alpha value is -0.380. The number of aryl methyl sites for hydroxylation is 1. The summed E-state index contributed by atoms with van der Waals surface area (Å²) in [4.78, 5) is 0. The quantitative estimate of drug-likeness (QED) is 0.886. The molecule has 0 aromatic heterocycles.